The summed E-state index contributed by atoms with van der Waals surface area (Å²) in [6.07, 6.45) is 6.99. The van der Waals surface area contributed by atoms with E-state index in [1.807, 2.05) is 4.90 Å². The van der Waals surface area contributed by atoms with Crippen molar-refractivity contribution in [1.29, 1.82) is 0 Å². The van der Waals surface area contributed by atoms with Gasteiger partial charge in [-0.3, -0.25) is 4.79 Å². The lowest BCUT2D eigenvalue weighted by Crippen LogP contribution is -2.53. The van der Waals surface area contributed by atoms with Crippen LogP contribution in [0.2, 0.25) is 0 Å². The molecule has 2 saturated heterocycles. The molecule has 2 heterocycles. The molecule has 2 rings (SSSR count). The summed E-state index contributed by atoms with van der Waals surface area (Å²) in [4.78, 5) is 27.8. The Bertz CT molecular complexity index is 386. The zero-order valence-corrected chi connectivity index (χ0v) is 13.3. The number of carboxylic acid groups (broad SMARTS) is 1. The van der Waals surface area contributed by atoms with Crippen LogP contribution >= 0.6 is 0 Å². The van der Waals surface area contributed by atoms with E-state index in [4.69, 9.17) is 5.11 Å². The first kappa shape index (κ1) is 16.1. The molecule has 2 fully saturated rings. The number of hydrogen-bond donors (Lipinski definition) is 1. The van der Waals surface area contributed by atoms with E-state index in [-0.39, 0.29) is 18.5 Å². The lowest BCUT2D eigenvalue weighted by atomic mass is 9.98. The van der Waals surface area contributed by atoms with Gasteiger partial charge in [0.05, 0.1) is 0 Å². The molecule has 0 aliphatic carbocycles. The molecule has 0 aromatic heterocycles. The Morgan fingerprint density at radius 3 is 2.57 bits per heavy atom. The normalized spacial score (nSPS) is 29.7. The molecule has 0 bridgehead atoms. The van der Waals surface area contributed by atoms with Gasteiger partial charge < -0.3 is 14.9 Å². The third-order valence-corrected chi connectivity index (χ3v) is 5.04. The van der Waals surface area contributed by atoms with Crippen molar-refractivity contribution in [3.8, 4) is 0 Å². The molecule has 1 N–H and O–H groups in total. The summed E-state index contributed by atoms with van der Waals surface area (Å²) in [7, 11) is 0. The van der Waals surface area contributed by atoms with Crippen LogP contribution in [0.3, 0.4) is 0 Å². The first-order valence-electron chi connectivity index (χ1n) is 8.35. The molecule has 3 unspecified atom stereocenters. The number of piperidine rings is 1. The Balaban J connectivity index is 2.05. The second kappa shape index (κ2) is 7.14. The topological polar surface area (TPSA) is 60.9 Å². The fourth-order valence-corrected chi connectivity index (χ4v) is 3.81. The molecule has 0 aromatic carbocycles. The fraction of sp³-hybridized carbons (Fsp3) is 0.875. The minimum absolute atomic E-state index is 0.104. The molecule has 0 radical (unpaired) electrons. The maximum absolute atomic E-state index is 12.9. The number of carbonyl (C=O) groups is 2. The Hall–Kier alpha value is -1.26. The molecular formula is C16H28N2O3. The second-order valence-electron chi connectivity index (χ2n) is 6.45. The lowest BCUT2D eigenvalue weighted by molar-refractivity contribution is -0.137. The molecule has 5 heteroatoms. The van der Waals surface area contributed by atoms with Gasteiger partial charge in [0.1, 0.15) is 0 Å². The van der Waals surface area contributed by atoms with Crippen LogP contribution in [0.15, 0.2) is 0 Å². The first-order valence-corrected chi connectivity index (χ1v) is 8.35. The fourth-order valence-electron chi connectivity index (χ4n) is 3.81. The van der Waals surface area contributed by atoms with E-state index < -0.39 is 5.97 Å². The van der Waals surface area contributed by atoms with Gasteiger partial charge in [-0.2, -0.15) is 0 Å². The summed E-state index contributed by atoms with van der Waals surface area (Å²) in [6, 6.07) is 0.911. The SMILES string of the molecule is CCC1CCC(C)N1C(=O)N1CCCCC1CCC(=O)O. The van der Waals surface area contributed by atoms with Gasteiger partial charge in [-0.1, -0.05) is 6.92 Å². The predicted octanol–water partition coefficient (Wildman–Crippen LogP) is 3.09. The molecule has 5 nitrogen and oxygen atoms in total. The number of carboxylic acids is 1. The Labute approximate surface area is 127 Å². The first-order chi connectivity index (χ1) is 10.0. The molecule has 0 spiro atoms. The van der Waals surface area contributed by atoms with Crippen LogP contribution in [0.5, 0.6) is 0 Å². The standard InChI is InChI=1S/C16H28N2O3/c1-3-13-8-7-12(2)18(13)16(21)17-11-5-4-6-14(17)9-10-15(19)20/h12-14H,3-11H2,1-2H3,(H,19,20). The monoisotopic (exact) mass is 296 g/mol. The van der Waals surface area contributed by atoms with Crippen molar-refractivity contribution in [2.24, 2.45) is 0 Å². The smallest absolute Gasteiger partial charge is 0.320 e. The molecule has 2 aliphatic heterocycles. The maximum Gasteiger partial charge on any atom is 0.320 e. The zero-order valence-electron chi connectivity index (χ0n) is 13.3. The quantitative estimate of drug-likeness (QED) is 0.867. The van der Waals surface area contributed by atoms with Gasteiger partial charge in [-0.15, -0.1) is 0 Å². The predicted molar refractivity (Wildman–Crippen MR) is 81.2 cm³/mol. The van der Waals surface area contributed by atoms with E-state index in [0.717, 1.165) is 45.1 Å². The number of rotatable bonds is 4. The molecule has 2 aliphatic rings. The highest BCUT2D eigenvalue weighted by Crippen LogP contribution is 2.30. The maximum atomic E-state index is 12.9. The van der Waals surface area contributed by atoms with E-state index in [0.29, 0.717) is 18.5 Å². The zero-order chi connectivity index (χ0) is 15.4. The lowest BCUT2D eigenvalue weighted by Gasteiger charge is -2.41. The Morgan fingerprint density at radius 1 is 1.14 bits per heavy atom. The van der Waals surface area contributed by atoms with Crippen molar-refractivity contribution >= 4 is 12.0 Å². The van der Waals surface area contributed by atoms with Crippen LogP contribution in [0.4, 0.5) is 4.79 Å². The summed E-state index contributed by atoms with van der Waals surface area (Å²) < 4.78 is 0. The second-order valence-corrected chi connectivity index (χ2v) is 6.45. The number of likely N-dealkylation sites (tertiary alicyclic amines) is 2. The van der Waals surface area contributed by atoms with Crippen LogP contribution in [0, 0.1) is 0 Å². The number of hydrogen-bond acceptors (Lipinski definition) is 2. The van der Waals surface area contributed by atoms with Crippen LogP contribution in [0.1, 0.15) is 65.2 Å². The largest absolute Gasteiger partial charge is 0.481 e. The summed E-state index contributed by atoms with van der Waals surface area (Å²) >= 11 is 0. The van der Waals surface area contributed by atoms with Gasteiger partial charge >= 0.3 is 12.0 Å². The summed E-state index contributed by atoms with van der Waals surface area (Å²) in [5.74, 6) is -0.769. The molecule has 0 aromatic rings. The van der Waals surface area contributed by atoms with E-state index in [1.54, 1.807) is 0 Å². The molecule has 3 atom stereocenters. The van der Waals surface area contributed by atoms with Crippen molar-refractivity contribution in [3.63, 3.8) is 0 Å². The summed E-state index contributed by atoms with van der Waals surface area (Å²) in [6.45, 7) is 5.05. The minimum atomic E-state index is -0.769. The number of nitrogens with zero attached hydrogens (tertiary/aromatic N) is 2. The number of aliphatic carboxylic acids is 1. The van der Waals surface area contributed by atoms with Gasteiger partial charge in [-0.25, -0.2) is 4.79 Å². The van der Waals surface area contributed by atoms with Crippen LogP contribution < -0.4 is 0 Å². The number of urea groups is 1. The van der Waals surface area contributed by atoms with Crippen molar-refractivity contribution in [2.75, 3.05) is 6.54 Å². The van der Waals surface area contributed by atoms with Gasteiger partial charge in [0.2, 0.25) is 0 Å². The van der Waals surface area contributed by atoms with Gasteiger partial charge in [0.25, 0.3) is 0 Å². The summed E-state index contributed by atoms with van der Waals surface area (Å²) in [5.41, 5.74) is 0. The molecule has 2 amide bonds. The molecule has 0 saturated carbocycles. The van der Waals surface area contributed by atoms with E-state index in [2.05, 4.69) is 18.7 Å². The average Bonchev–Trinajstić information content (AvgIpc) is 2.85. The van der Waals surface area contributed by atoms with E-state index in [1.165, 1.54) is 0 Å². The van der Waals surface area contributed by atoms with Crippen molar-refractivity contribution in [1.82, 2.24) is 9.80 Å². The average molecular weight is 296 g/mol. The highest BCUT2D eigenvalue weighted by atomic mass is 16.4. The van der Waals surface area contributed by atoms with Crippen molar-refractivity contribution in [3.05, 3.63) is 0 Å². The Kier molecular flexibility index (Phi) is 5.48. The van der Waals surface area contributed by atoms with Gasteiger partial charge in [0, 0.05) is 31.1 Å². The van der Waals surface area contributed by atoms with Crippen LogP contribution in [-0.4, -0.2) is 51.6 Å². The van der Waals surface area contributed by atoms with E-state index >= 15 is 0 Å². The van der Waals surface area contributed by atoms with Crippen molar-refractivity contribution in [2.45, 2.75) is 83.3 Å². The highest BCUT2D eigenvalue weighted by Gasteiger charge is 2.38. The molecular weight excluding hydrogens is 268 g/mol. The highest BCUT2D eigenvalue weighted by molar-refractivity contribution is 5.76. The number of carbonyl (C=O) groups excluding carboxylic acids is 1. The third kappa shape index (κ3) is 3.69. The summed E-state index contributed by atoms with van der Waals surface area (Å²) in [5, 5.41) is 8.89. The van der Waals surface area contributed by atoms with E-state index in [9.17, 15) is 9.59 Å². The van der Waals surface area contributed by atoms with Gasteiger partial charge in [-0.05, 0) is 51.9 Å². The van der Waals surface area contributed by atoms with Gasteiger partial charge in [0.15, 0.2) is 0 Å². The third-order valence-electron chi connectivity index (χ3n) is 5.04. The molecule has 21 heavy (non-hydrogen) atoms. The van der Waals surface area contributed by atoms with Crippen molar-refractivity contribution < 1.29 is 14.7 Å². The Morgan fingerprint density at radius 2 is 1.90 bits per heavy atom. The number of amides is 2. The van der Waals surface area contributed by atoms with Crippen LogP contribution in [-0.2, 0) is 4.79 Å². The van der Waals surface area contributed by atoms with Crippen LogP contribution in [0.25, 0.3) is 0 Å². The minimum Gasteiger partial charge on any atom is -0.481 e. The molecule has 120 valence electrons.